The molecule has 0 unspecified atom stereocenters. The quantitative estimate of drug-likeness (QED) is 0.876. The van der Waals surface area contributed by atoms with Gasteiger partial charge in [0, 0.05) is 24.6 Å². The molecular formula is C19H18F2N2O2. The monoisotopic (exact) mass is 344 g/mol. The molecule has 2 amide bonds. The Morgan fingerprint density at radius 2 is 1.56 bits per heavy atom. The predicted octanol–water partition coefficient (Wildman–Crippen LogP) is 2.98. The molecule has 4 nitrogen and oxygen atoms in total. The van der Waals surface area contributed by atoms with Crippen LogP contribution in [-0.4, -0.2) is 18.4 Å². The minimum Gasteiger partial charge on any atom is -0.370 e. The zero-order valence-corrected chi connectivity index (χ0v) is 13.5. The Balaban J connectivity index is 1.76. The molecule has 1 saturated carbocycles. The molecule has 1 fully saturated rings. The molecule has 2 atom stereocenters. The van der Waals surface area contributed by atoms with E-state index in [1.807, 2.05) is 0 Å². The van der Waals surface area contributed by atoms with Gasteiger partial charge in [-0.2, -0.15) is 0 Å². The topological polar surface area (TPSA) is 63.4 Å². The predicted molar refractivity (Wildman–Crippen MR) is 89.8 cm³/mol. The van der Waals surface area contributed by atoms with Crippen LogP contribution in [0.15, 0.2) is 48.5 Å². The molecule has 0 saturated heterocycles. The highest BCUT2D eigenvalue weighted by Crippen LogP contribution is 2.48. The van der Waals surface area contributed by atoms with Gasteiger partial charge >= 0.3 is 0 Å². The number of amides is 2. The van der Waals surface area contributed by atoms with Gasteiger partial charge in [0.15, 0.2) is 0 Å². The van der Waals surface area contributed by atoms with E-state index in [1.165, 1.54) is 41.3 Å². The number of anilines is 1. The fraction of sp³-hybridized carbons (Fsp3) is 0.263. The number of carbonyl (C=O) groups is 2. The fourth-order valence-electron chi connectivity index (χ4n) is 2.96. The van der Waals surface area contributed by atoms with E-state index in [1.54, 1.807) is 12.1 Å². The Bertz CT molecular complexity index is 775. The zero-order chi connectivity index (χ0) is 18.0. The highest BCUT2D eigenvalue weighted by molar-refractivity contribution is 5.98. The van der Waals surface area contributed by atoms with Crippen molar-refractivity contribution in [3.05, 3.63) is 65.7 Å². The summed E-state index contributed by atoms with van der Waals surface area (Å²) in [6.07, 6.45) is 0.690. The van der Waals surface area contributed by atoms with Crippen LogP contribution in [0.5, 0.6) is 0 Å². The van der Waals surface area contributed by atoms with Crippen LogP contribution in [0.2, 0.25) is 0 Å². The molecule has 0 radical (unpaired) electrons. The van der Waals surface area contributed by atoms with E-state index >= 15 is 0 Å². The van der Waals surface area contributed by atoms with Gasteiger partial charge in [-0.25, -0.2) is 8.78 Å². The molecule has 3 rings (SSSR count). The van der Waals surface area contributed by atoms with Crippen LogP contribution in [0, 0.1) is 17.6 Å². The summed E-state index contributed by atoms with van der Waals surface area (Å²) in [6.45, 7) is 0.145. The molecule has 0 heterocycles. The molecule has 130 valence electrons. The van der Waals surface area contributed by atoms with Crippen molar-refractivity contribution in [2.75, 3.05) is 11.4 Å². The third-order valence-corrected chi connectivity index (χ3v) is 4.39. The van der Waals surface area contributed by atoms with Crippen molar-refractivity contribution in [3.8, 4) is 0 Å². The van der Waals surface area contributed by atoms with Gasteiger partial charge in [0.2, 0.25) is 11.8 Å². The first-order chi connectivity index (χ1) is 12.0. The molecule has 6 heteroatoms. The summed E-state index contributed by atoms with van der Waals surface area (Å²) >= 11 is 0. The van der Waals surface area contributed by atoms with Crippen molar-refractivity contribution in [1.82, 2.24) is 0 Å². The van der Waals surface area contributed by atoms with Crippen molar-refractivity contribution in [1.29, 1.82) is 0 Å². The highest BCUT2D eigenvalue weighted by Gasteiger charge is 2.46. The molecule has 2 aromatic rings. The summed E-state index contributed by atoms with van der Waals surface area (Å²) in [6, 6.07) is 11.7. The molecule has 25 heavy (non-hydrogen) atoms. The van der Waals surface area contributed by atoms with Crippen LogP contribution < -0.4 is 10.6 Å². The number of rotatable bonds is 6. The van der Waals surface area contributed by atoms with Gasteiger partial charge in [-0.05, 0) is 54.3 Å². The fourth-order valence-corrected chi connectivity index (χ4v) is 2.96. The SMILES string of the molecule is NC(=O)CCN(C(=O)[C@@H]1C[C@H]1c1ccc(F)cc1)c1ccc(F)cc1. The summed E-state index contributed by atoms with van der Waals surface area (Å²) in [4.78, 5) is 25.4. The molecule has 2 aromatic carbocycles. The summed E-state index contributed by atoms with van der Waals surface area (Å²) in [7, 11) is 0. The minimum atomic E-state index is -0.509. The molecule has 0 aliphatic heterocycles. The van der Waals surface area contributed by atoms with Gasteiger partial charge in [-0.3, -0.25) is 9.59 Å². The normalized spacial score (nSPS) is 18.6. The number of halogens is 2. The van der Waals surface area contributed by atoms with E-state index in [0.717, 1.165) is 5.56 Å². The van der Waals surface area contributed by atoms with E-state index in [4.69, 9.17) is 5.73 Å². The second kappa shape index (κ2) is 7.01. The first-order valence-electron chi connectivity index (χ1n) is 8.06. The number of hydrogen-bond donors (Lipinski definition) is 1. The lowest BCUT2D eigenvalue weighted by molar-refractivity contribution is -0.120. The molecule has 0 bridgehead atoms. The Hall–Kier alpha value is -2.76. The number of nitrogens with zero attached hydrogens (tertiary/aromatic N) is 1. The first kappa shape index (κ1) is 17.1. The van der Waals surface area contributed by atoms with Gasteiger partial charge in [0.25, 0.3) is 0 Å². The molecule has 1 aliphatic carbocycles. The lowest BCUT2D eigenvalue weighted by Gasteiger charge is -2.22. The Morgan fingerprint density at radius 3 is 2.12 bits per heavy atom. The lowest BCUT2D eigenvalue weighted by atomic mass is 10.1. The van der Waals surface area contributed by atoms with Crippen molar-refractivity contribution in [2.24, 2.45) is 11.7 Å². The zero-order valence-electron chi connectivity index (χ0n) is 13.5. The summed E-state index contributed by atoms with van der Waals surface area (Å²) in [5.41, 5.74) is 6.63. The molecule has 0 spiro atoms. The minimum absolute atomic E-state index is 0.0249. The van der Waals surface area contributed by atoms with Crippen LogP contribution in [0.3, 0.4) is 0 Å². The smallest absolute Gasteiger partial charge is 0.230 e. The summed E-state index contributed by atoms with van der Waals surface area (Å²) in [5, 5.41) is 0. The van der Waals surface area contributed by atoms with Gasteiger partial charge in [-0.15, -0.1) is 0 Å². The average molecular weight is 344 g/mol. The van der Waals surface area contributed by atoms with E-state index < -0.39 is 11.7 Å². The lowest BCUT2D eigenvalue weighted by Crippen LogP contribution is -2.35. The number of hydrogen-bond acceptors (Lipinski definition) is 2. The number of nitrogens with two attached hydrogens (primary N) is 1. The van der Waals surface area contributed by atoms with Crippen LogP contribution in [0.1, 0.15) is 24.3 Å². The van der Waals surface area contributed by atoms with Gasteiger partial charge in [0.05, 0.1) is 0 Å². The molecular weight excluding hydrogens is 326 g/mol. The van der Waals surface area contributed by atoms with Gasteiger partial charge < -0.3 is 10.6 Å². The number of carbonyl (C=O) groups excluding carboxylic acids is 2. The van der Waals surface area contributed by atoms with Crippen molar-refractivity contribution in [3.63, 3.8) is 0 Å². The van der Waals surface area contributed by atoms with Crippen molar-refractivity contribution >= 4 is 17.5 Å². The number of benzene rings is 2. The third-order valence-electron chi connectivity index (χ3n) is 4.39. The van der Waals surface area contributed by atoms with Crippen molar-refractivity contribution in [2.45, 2.75) is 18.8 Å². The third kappa shape index (κ3) is 4.02. The molecule has 0 aromatic heterocycles. The highest BCUT2D eigenvalue weighted by atomic mass is 19.1. The molecule has 1 aliphatic rings. The molecule has 2 N–H and O–H groups in total. The van der Waals surface area contributed by atoms with E-state index in [0.29, 0.717) is 12.1 Å². The van der Waals surface area contributed by atoms with Crippen LogP contribution in [0.4, 0.5) is 14.5 Å². The second-order valence-corrected chi connectivity index (χ2v) is 6.18. The first-order valence-corrected chi connectivity index (χ1v) is 8.06. The van der Waals surface area contributed by atoms with Crippen molar-refractivity contribution < 1.29 is 18.4 Å². The summed E-state index contributed by atoms with van der Waals surface area (Å²) < 4.78 is 26.2. The van der Waals surface area contributed by atoms with E-state index in [-0.39, 0.29) is 36.5 Å². The van der Waals surface area contributed by atoms with Crippen LogP contribution in [-0.2, 0) is 9.59 Å². The summed E-state index contributed by atoms with van der Waals surface area (Å²) in [5.74, 6) is -1.57. The second-order valence-electron chi connectivity index (χ2n) is 6.18. The maximum Gasteiger partial charge on any atom is 0.230 e. The Morgan fingerprint density at radius 1 is 1.00 bits per heavy atom. The Kier molecular flexibility index (Phi) is 4.79. The van der Waals surface area contributed by atoms with E-state index in [9.17, 15) is 18.4 Å². The Labute approximate surface area is 144 Å². The maximum absolute atomic E-state index is 13.1. The van der Waals surface area contributed by atoms with Crippen LogP contribution >= 0.6 is 0 Å². The standard InChI is InChI=1S/C19H18F2N2O2/c20-13-3-1-12(2-4-13)16-11-17(16)19(25)23(10-9-18(22)24)15-7-5-14(21)6-8-15/h1-8,16-17H,9-11H2,(H2,22,24)/t16-,17+/m0/s1. The maximum atomic E-state index is 13.1. The van der Waals surface area contributed by atoms with Gasteiger partial charge in [-0.1, -0.05) is 12.1 Å². The van der Waals surface area contributed by atoms with Crippen LogP contribution in [0.25, 0.3) is 0 Å². The largest absolute Gasteiger partial charge is 0.370 e. The average Bonchev–Trinajstić information content (AvgIpc) is 3.37. The van der Waals surface area contributed by atoms with E-state index in [2.05, 4.69) is 0 Å². The number of primary amides is 1. The van der Waals surface area contributed by atoms with Gasteiger partial charge in [0.1, 0.15) is 11.6 Å².